The largest absolute Gasteiger partial charge is 0.478 e. The molecule has 0 saturated carbocycles. The number of carboxylic acids is 1. The lowest BCUT2D eigenvalue weighted by Gasteiger charge is -2.25. The van der Waals surface area contributed by atoms with Crippen molar-refractivity contribution in [2.75, 3.05) is 6.54 Å². The number of hydrogen-bond acceptors (Lipinski definition) is 2. The van der Waals surface area contributed by atoms with Gasteiger partial charge in [0.15, 0.2) is 0 Å². The molecule has 0 aliphatic rings. The van der Waals surface area contributed by atoms with Gasteiger partial charge in [0, 0.05) is 19.5 Å². The summed E-state index contributed by atoms with van der Waals surface area (Å²) in [4.78, 5) is 27.1. The summed E-state index contributed by atoms with van der Waals surface area (Å²) in [5.41, 5.74) is 5.01. The number of carbonyl (C=O) groups excluding carboxylic acids is 1. The molecule has 4 nitrogen and oxygen atoms in total. The average molecular weight is 464 g/mol. The fourth-order valence-electron chi connectivity index (χ4n) is 4.29. The van der Waals surface area contributed by atoms with E-state index in [1.54, 1.807) is 12.1 Å². The van der Waals surface area contributed by atoms with Crippen LogP contribution in [0.4, 0.5) is 0 Å². The Balaban J connectivity index is 1.59. The molecule has 4 rings (SSSR count). The molecule has 0 spiro atoms. The molecule has 0 atom stereocenters. The number of hydrogen-bond donors (Lipinski definition) is 1. The van der Waals surface area contributed by atoms with Crippen LogP contribution in [0.3, 0.4) is 0 Å². The highest BCUT2D eigenvalue weighted by Crippen LogP contribution is 2.28. The molecule has 0 aliphatic heterocycles. The van der Waals surface area contributed by atoms with Crippen LogP contribution in [0.15, 0.2) is 109 Å². The zero-order chi connectivity index (χ0) is 24.5. The third kappa shape index (κ3) is 6.45. The predicted molar refractivity (Wildman–Crippen MR) is 139 cm³/mol. The Morgan fingerprint density at radius 1 is 0.629 bits per heavy atom. The fourth-order valence-corrected chi connectivity index (χ4v) is 4.29. The first-order valence-electron chi connectivity index (χ1n) is 11.9. The lowest BCUT2D eigenvalue weighted by Crippen LogP contribution is -2.33. The number of carboxylic acid groups (broad SMARTS) is 1. The van der Waals surface area contributed by atoms with Gasteiger partial charge in [0.25, 0.3) is 0 Å². The highest BCUT2D eigenvalue weighted by Gasteiger charge is 2.18. The van der Waals surface area contributed by atoms with Crippen molar-refractivity contribution in [3.05, 3.63) is 131 Å². The molecule has 0 bridgehead atoms. The molecular formula is C31H29NO3. The molecule has 35 heavy (non-hydrogen) atoms. The molecule has 1 N–H and O–H groups in total. The Morgan fingerprint density at radius 3 is 1.83 bits per heavy atom. The van der Waals surface area contributed by atoms with Crippen LogP contribution >= 0.6 is 0 Å². The van der Waals surface area contributed by atoms with E-state index in [0.29, 0.717) is 31.5 Å². The molecule has 4 aromatic carbocycles. The highest BCUT2D eigenvalue weighted by atomic mass is 16.4. The summed E-state index contributed by atoms with van der Waals surface area (Å²) in [6, 6.07) is 35.0. The van der Waals surface area contributed by atoms with Gasteiger partial charge in [-0.3, -0.25) is 4.79 Å². The first-order chi connectivity index (χ1) is 17.1. The Labute approximate surface area is 206 Å². The van der Waals surface area contributed by atoms with Gasteiger partial charge < -0.3 is 10.0 Å². The lowest BCUT2D eigenvalue weighted by molar-refractivity contribution is -0.131. The van der Waals surface area contributed by atoms with Crippen molar-refractivity contribution >= 4 is 11.9 Å². The van der Waals surface area contributed by atoms with Gasteiger partial charge >= 0.3 is 5.97 Å². The summed E-state index contributed by atoms with van der Waals surface area (Å²) in [7, 11) is 0. The predicted octanol–water partition coefficient (Wildman–Crippen LogP) is 6.26. The summed E-state index contributed by atoms with van der Waals surface area (Å²) >= 11 is 0. The van der Waals surface area contributed by atoms with Gasteiger partial charge in [-0.25, -0.2) is 4.79 Å². The quantitative estimate of drug-likeness (QED) is 0.302. The van der Waals surface area contributed by atoms with E-state index in [9.17, 15) is 14.7 Å². The zero-order valence-electron chi connectivity index (χ0n) is 19.6. The minimum absolute atomic E-state index is 0.0890. The Kier molecular flexibility index (Phi) is 8.08. The summed E-state index contributed by atoms with van der Waals surface area (Å²) in [6.07, 6.45) is 1.86. The Hall–Kier alpha value is -4.18. The van der Waals surface area contributed by atoms with Crippen LogP contribution in [0, 0.1) is 0 Å². The van der Waals surface area contributed by atoms with Gasteiger partial charge in [0.2, 0.25) is 5.91 Å². The maximum atomic E-state index is 13.4. The number of aryl methyl sites for hydroxylation is 1. The van der Waals surface area contributed by atoms with E-state index in [-0.39, 0.29) is 11.5 Å². The van der Waals surface area contributed by atoms with Crippen molar-refractivity contribution in [3.8, 4) is 11.1 Å². The number of nitrogens with zero attached hydrogens (tertiary/aromatic N) is 1. The third-order valence-electron chi connectivity index (χ3n) is 6.16. The van der Waals surface area contributed by atoms with Crippen molar-refractivity contribution in [2.45, 2.75) is 25.8 Å². The van der Waals surface area contributed by atoms with Crippen LogP contribution in [0.1, 0.15) is 33.5 Å². The summed E-state index contributed by atoms with van der Waals surface area (Å²) < 4.78 is 0. The monoisotopic (exact) mass is 463 g/mol. The summed E-state index contributed by atoms with van der Waals surface area (Å²) in [5, 5.41) is 9.71. The highest BCUT2D eigenvalue weighted by molar-refractivity contribution is 5.96. The normalized spacial score (nSPS) is 10.6. The van der Waals surface area contributed by atoms with Gasteiger partial charge in [-0.15, -0.1) is 0 Å². The van der Waals surface area contributed by atoms with Crippen molar-refractivity contribution < 1.29 is 14.7 Å². The smallest absolute Gasteiger partial charge is 0.336 e. The van der Waals surface area contributed by atoms with Gasteiger partial charge in [-0.05, 0) is 46.7 Å². The fraction of sp³-hybridized carbons (Fsp3) is 0.161. The second kappa shape index (κ2) is 11.8. The molecular weight excluding hydrogens is 434 g/mol. The standard InChI is InChI=1S/C31H29NO3/c33-30(20-19-24-11-3-1-4-12-24)32(22-21-25-13-5-2-6-14-25)23-26-15-7-8-16-27(26)28-17-9-10-18-29(28)31(34)35/h1-18H,19-23H2,(H,34,35). The van der Waals surface area contributed by atoms with Gasteiger partial charge in [0.1, 0.15) is 0 Å². The number of amides is 1. The SMILES string of the molecule is O=C(O)c1ccccc1-c1ccccc1CN(CCc1ccccc1)C(=O)CCc1ccccc1. The van der Waals surface area contributed by atoms with E-state index >= 15 is 0 Å². The average Bonchev–Trinajstić information content (AvgIpc) is 2.91. The van der Waals surface area contributed by atoms with Crippen LogP contribution in [0.2, 0.25) is 0 Å². The minimum atomic E-state index is -0.963. The molecule has 1 amide bonds. The zero-order valence-corrected chi connectivity index (χ0v) is 19.6. The maximum Gasteiger partial charge on any atom is 0.336 e. The first-order valence-corrected chi connectivity index (χ1v) is 11.9. The van der Waals surface area contributed by atoms with Crippen LogP contribution in [0.25, 0.3) is 11.1 Å². The maximum absolute atomic E-state index is 13.4. The van der Waals surface area contributed by atoms with Crippen LogP contribution in [0.5, 0.6) is 0 Å². The number of carbonyl (C=O) groups is 2. The minimum Gasteiger partial charge on any atom is -0.478 e. The van der Waals surface area contributed by atoms with E-state index in [4.69, 9.17) is 0 Å². The van der Waals surface area contributed by atoms with E-state index < -0.39 is 5.97 Å². The second-order valence-electron chi connectivity index (χ2n) is 8.54. The van der Waals surface area contributed by atoms with E-state index in [0.717, 1.165) is 23.1 Å². The van der Waals surface area contributed by atoms with Crippen LogP contribution in [-0.4, -0.2) is 28.4 Å². The summed E-state index contributed by atoms with van der Waals surface area (Å²) in [5.74, 6) is -0.874. The van der Waals surface area contributed by atoms with Crippen molar-refractivity contribution in [2.24, 2.45) is 0 Å². The first kappa shape index (κ1) is 24.0. The van der Waals surface area contributed by atoms with Gasteiger partial charge in [-0.1, -0.05) is 103 Å². The Morgan fingerprint density at radius 2 is 1.17 bits per heavy atom. The van der Waals surface area contributed by atoms with Crippen molar-refractivity contribution in [3.63, 3.8) is 0 Å². The lowest BCUT2D eigenvalue weighted by atomic mass is 9.95. The van der Waals surface area contributed by atoms with Crippen molar-refractivity contribution in [1.82, 2.24) is 4.90 Å². The van der Waals surface area contributed by atoms with E-state index in [1.807, 2.05) is 89.8 Å². The van der Waals surface area contributed by atoms with Crippen LogP contribution < -0.4 is 0 Å². The second-order valence-corrected chi connectivity index (χ2v) is 8.54. The number of aromatic carboxylic acids is 1. The molecule has 0 fully saturated rings. The van der Waals surface area contributed by atoms with Crippen molar-refractivity contribution in [1.29, 1.82) is 0 Å². The number of benzene rings is 4. The molecule has 0 saturated heterocycles. The van der Waals surface area contributed by atoms with Gasteiger partial charge in [-0.2, -0.15) is 0 Å². The van der Waals surface area contributed by atoms with Crippen LogP contribution in [-0.2, 0) is 24.2 Å². The Bertz CT molecular complexity index is 1270. The molecule has 0 unspecified atom stereocenters. The number of rotatable bonds is 10. The third-order valence-corrected chi connectivity index (χ3v) is 6.16. The molecule has 0 aromatic heterocycles. The summed E-state index contributed by atoms with van der Waals surface area (Å²) in [6.45, 7) is 1.01. The molecule has 0 heterocycles. The van der Waals surface area contributed by atoms with Gasteiger partial charge in [0.05, 0.1) is 5.56 Å². The molecule has 176 valence electrons. The van der Waals surface area contributed by atoms with E-state index in [1.165, 1.54) is 5.56 Å². The molecule has 4 heteroatoms. The molecule has 4 aromatic rings. The molecule has 0 aliphatic carbocycles. The van der Waals surface area contributed by atoms with E-state index in [2.05, 4.69) is 12.1 Å². The molecule has 0 radical (unpaired) electrons. The topological polar surface area (TPSA) is 57.6 Å².